The molecule has 0 spiro atoms. The zero-order valence-corrected chi connectivity index (χ0v) is 8.76. The molecule has 74 valence electrons. The summed E-state index contributed by atoms with van der Waals surface area (Å²) in [7, 11) is 1.96. The summed E-state index contributed by atoms with van der Waals surface area (Å²) in [5.74, 6) is 2.75. The molecule has 0 aliphatic heterocycles. The highest BCUT2D eigenvalue weighted by atomic mass is 16.3. The number of hydrogen-bond donors (Lipinski definition) is 1. The first-order valence-corrected chi connectivity index (χ1v) is 5.01. The maximum Gasteiger partial charge on any atom is 0.106 e. The Morgan fingerprint density at radius 1 is 1.46 bits per heavy atom. The van der Waals surface area contributed by atoms with Gasteiger partial charge in [0.25, 0.3) is 0 Å². The monoisotopic (exact) mass is 181 g/mol. The number of furan rings is 1. The lowest BCUT2D eigenvalue weighted by molar-refractivity contribution is 0.432. The SMILES string of the molecule is CCC(C)c1ccc(CCNC)o1. The first-order chi connectivity index (χ1) is 6.27. The van der Waals surface area contributed by atoms with Crippen LogP contribution < -0.4 is 5.32 Å². The van der Waals surface area contributed by atoms with E-state index in [9.17, 15) is 0 Å². The van der Waals surface area contributed by atoms with Gasteiger partial charge >= 0.3 is 0 Å². The van der Waals surface area contributed by atoms with Gasteiger partial charge in [-0.3, -0.25) is 0 Å². The molecular weight excluding hydrogens is 162 g/mol. The van der Waals surface area contributed by atoms with Gasteiger partial charge in [0.15, 0.2) is 0 Å². The largest absolute Gasteiger partial charge is 0.466 e. The van der Waals surface area contributed by atoms with Crippen molar-refractivity contribution in [3.8, 4) is 0 Å². The van der Waals surface area contributed by atoms with Crippen LogP contribution in [-0.2, 0) is 6.42 Å². The molecule has 0 radical (unpaired) electrons. The summed E-state index contributed by atoms with van der Waals surface area (Å²) in [6.45, 7) is 5.36. The Bertz CT molecular complexity index is 242. The Labute approximate surface area is 80.3 Å². The van der Waals surface area contributed by atoms with Crippen LogP contribution in [0.15, 0.2) is 16.5 Å². The molecule has 2 heteroatoms. The molecule has 1 atom stereocenters. The summed E-state index contributed by atoms with van der Waals surface area (Å²) >= 11 is 0. The normalized spacial score (nSPS) is 13.2. The van der Waals surface area contributed by atoms with Crippen molar-refractivity contribution in [1.29, 1.82) is 0 Å². The first kappa shape index (κ1) is 10.3. The molecule has 1 N–H and O–H groups in total. The van der Waals surface area contributed by atoms with E-state index in [1.165, 1.54) is 0 Å². The maximum absolute atomic E-state index is 5.70. The molecule has 1 rings (SSSR count). The van der Waals surface area contributed by atoms with E-state index in [1.54, 1.807) is 0 Å². The average Bonchev–Trinajstić information content (AvgIpc) is 2.62. The highest BCUT2D eigenvalue weighted by molar-refractivity contribution is 5.10. The third-order valence-corrected chi connectivity index (χ3v) is 2.40. The summed E-state index contributed by atoms with van der Waals surface area (Å²) < 4.78 is 5.70. The van der Waals surface area contributed by atoms with Gasteiger partial charge < -0.3 is 9.73 Å². The lowest BCUT2D eigenvalue weighted by Crippen LogP contribution is -2.09. The van der Waals surface area contributed by atoms with Crippen molar-refractivity contribution in [2.45, 2.75) is 32.6 Å². The average molecular weight is 181 g/mol. The second-order valence-electron chi connectivity index (χ2n) is 3.47. The van der Waals surface area contributed by atoms with Gasteiger partial charge in [-0.05, 0) is 25.6 Å². The van der Waals surface area contributed by atoms with E-state index in [0.717, 1.165) is 30.9 Å². The molecule has 0 bridgehead atoms. The molecule has 0 fully saturated rings. The topological polar surface area (TPSA) is 25.2 Å². The van der Waals surface area contributed by atoms with Gasteiger partial charge in [-0.2, -0.15) is 0 Å². The van der Waals surface area contributed by atoms with Crippen molar-refractivity contribution >= 4 is 0 Å². The summed E-state index contributed by atoms with van der Waals surface area (Å²) in [6, 6.07) is 4.18. The van der Waals surface area contributed by atoms with E-state index < -0.39 is 0 Å². The molecule has 0 aromatic carbocycles. The van der Waals surface area contributed by atoms with Crippen molar-refractivity contribution in [2.24, 2.45) is 0 Å². The van der Waals surface area contributed by atoms with Crippen LogP contribution in [0.25, 0.3) is 0 Å². The Kier molecular flexibility index (Phi) is 4.03. The van der Waals surface area contributed by atoms with E-state index in [4.69, 9.17) is 4.42 Å². The van der Waals surface area contributed by atoms with Gasteiger partial charge in [0.1, 0.15) is 11.5 Å². The van der Waals surface area contributed by atoms with Crippen molar-refractivity contribution in [1.82, 2.24) is 5.32 Å². The molecule has 0 amide bonds. The standard InChI is InChI=1S/C11H19NO/c1-4-9(2)11-6-5-10(13-11)7-8-12-3/h5-6,9,12H,4,7-8H2,1-3H3. The van der Waals surface area contributed by atoms with Gasteiger partial charge in [-0.15, -0.1) is 0 Å². The fourth-order valence-electron chi connectivity index (χ4n) is 1.24. The van der Waals surface area contributed by atoms with Crippen molar-refractivity contribution in [2.75, 3.05) is 13.6 Å². The molecule has 1 heterocycles. The summed E-state index contributed by atoms with van der Waals surface area (Å²) in [4.78, 5) is 0. The summed E-state index contributed by atoms with van der Waals surface area (Å²) in [5, 5.41) is 3.11. The van der Waals surface area contributed by atoms with Crippen LogP contribution in [0, 0.1) is 0 Å². The first-order valence-electron chi connectivity index (χ1n) is 5.01. The van der Waals surface area contributed by atoms with Gasteiger partial charge in [0, 0.05) is 18.9 Å². The second kappa shape index (κ2) is 5.07. The van der Waals surface area contributed by atoms with Crippen LogP contribution in [0.1, 0.15) is 37.7 Å². The lowest BCUT2D eigenvalue weighted by atomic mass is 10.1. The van der Waals surface area contributed by atoms with Crippen LogP contribution in [0.2, 0.25) is 0 Å². The minimum Gasteiger partial charge on any atom is -0.466 e. The third-order valence-electron chi connectivity index (χ3n) is 2.40. The van der Waals surface area contributed by atoms with E-state index in [-0.39, 0.29) is 0 Å². The fourth-order valence-corrected chi connectivity index (χ4v) is 1.24. The molecule has 2 nitrogen and oxygen atoms in total. The summed E-state index contributed by atoms with van der Waals surface area (Å²) in [5.41, 5.74) is 0. The van der Waals surface area contributed by atoms with Crippen LogP contribution in [-0.4, -0.2) is 13.6 Å². The van der Waals surface area contributed by atoms with Crippen LogP contribution in [0.4, 0.5) is 0 Å². The van der Waals surface area contributed by atoms with Crippen LogP contribution in [0.3, 0.4) is 0 Å². The molecular formula is C11H19NO. The predicted octanol–water partition coefficient (Wildman–Crippen LogP) is 2.56. The summed E-state index contributed by atoms with van der Waals surface area (Å²) in [6.07, 6.45) is 2.12. The Morgan fingerprint density at radius 3 is 2.85 bits per heavy atom. The van der Waals surface area contributed by atoms with E-state index in [0.29, 0.717) is 5.92 Å². The van der Waals surface area contributed by atoms with Crippen molar-refractivity contribution < 1.29 is 4.42 Å². The highest BCUT2D eigenvalue weighted by Gasteiger charge is 2.07. The zero-order valence-electron chi connectivity index (χ0n) is 8.76. The molecule has 13 heavy (non-hydrogen) atoms. The Hall–Kier alpha value is -0.760. The van der Waals surface area contributed by atoms with Crippen LogP contribution in [0.5, 0.6) is 0 Å². The number of rotatable bonds is 5. The zero-order chi connectivity index (χ0) is 9.68. The quantitative estimate of drug-likeness (QED) is 0.755. The predicted molar refractivity (Wildman–Crippen MR) is 55.0 cm³/mol. The highest BCUT2D eigenvalue weighted by Crippen LogP contribution is 2.20. The molecule has 1 aromatic heterocycles. The van der Waals surface area contributed by atoms with Gasteiger partial charge in [0.2, 0.25) is 0 Å². The maximum atomic E-state index is 5.70. The molecule has 0 aliphatic carbocycles. The minimum atomic E-state index is 0.545. The third kappa shape index (κ3) is 2.88. The van der Waals surface area contributed by atoms with E-state index in [1.807, 2.05) is 7.05 Å². The molecule has 0 saturated heterocycles. The second-order valence-corrected chi connectivity index (χ2v) is 3.47. The number of likely N-dealkylation sites (N-methyl/N-ethyl adjacent to an activating group) is 1. The van der Waals surface area contributed by atoms with Crippen molar-refractivity contribution in [3.63, 3.8) is 0 Å². The smallest absolute Gasteiger partial charge is 0.106 e. The molecule has 1 aromatic rings. The fraction of sp³-hybridized carbons (Fsp3) is 0.636. The van der Waals surface area contributed by atoms with E-state index in [2.05, 4.69) is 31.3 Å². The molecule has 0 aliphatic rings. The lowest BCUT2D eigenvalue weighted by Gasteiger charge is -2.03. The van der Waals surface area contributed by atoms with Gasteiger partial charge in [0.05, 0.1) is 0 Å². The van der Waals surface area contributed by atoms with Gasteiger partial charge in [-0.1, -0.05) is 13.8 Å². The van der Waals surface area contributed by atoms with Crippen LogP contribution >= 0.6 is 0 Å². The number of nitrogens with one attached hydrogen (secondary N) is 1. The molecule has 0 saturated carbocycles. The van der Waals surface area contributed by atoms with E-state index >= 15 is 0 Å². The number of hydrogen-bond acceptors (Lipinski definition) is 2. The minimum absolute atomic E-state index is 0.545. The Morgan fingerprint density at radius 2 is 2.23 bits per heavy atom. The van der Waals surface area contributed by atoms with Gasteiger partial charge in [-0.25, -0.2) is 0 Å². The van der Waals surface area contributed by atoms with Crippen molar-refractivity contribution in [3.05, 3.63) is 23.7 Å². The Balaban J connectivity index is 2.53. The molecule has 1 unspecified atom stereocenters.